The summed E-state index contributed by atoms with van der Waals surface area (Å²) in [6.45, 7) is 1.72. The lowest BCUT2D eigenvalue weighted by molar-refractivity contribution is -0.137. The van der Waals surface area contributed by atoms with Gasteiger partial charge in [0.25, 0.3) is 0 Å². The number of hydrogen-bond acceptors (Lipinski definition) is 3. The van der Waals surface area contributed by atoms with Crippen LogP contribution < -0.4 is 0 Å². The van der Waals surface area contributed by atoms with Crippen molar-refractivity contribution in [3.05, 3.63) is 70.4 Å². The van der Waals surface area contributed by atoms with Crippen LogP contribution in [-0.2, 0) is 17.5 Å². The maximum atomic E-state index is 13.1. The SMILES string of the molecule is COC(=O)c1cccc2c1c(C=O)cn2Cc1cc(C)cc(C(F)(F)F)c1. The molecule has 3 rings (SSSR count). The highest BCUT2D eigenvalue weighted by molar-refractivity contribution is 6.10. The van der Waals surface area contributed by atoms with E-state index in [-0.39, 0.29) is 17.7 Å². The molecule has 0 amide bonds. The maximum Gasteiger partial charge on any atom is 0.416 e. The molecule has 3 aromatic rings. The highest BCUT2D eigenvalue weighted by atomic mass is 19.4. The first kappa shape index (κ1) is 18.7. The summed E-state index contributed by atoms with van der Waals surface area (Å²) < 4.78 is 45.6. The van der Waals surface area contributed by atoms with Crippen LogP contribution in [0, 0.1) is 6.92 Å². The minimum absolute atomic E-state index is 0.125. The van der Waals surface area contributed by atoms with Gasteiger partial charge in [-0.2, -0.15) is 13.2 Å². The van der Waals surface area contributed by atoms with Gasteiger partial charge in [-0.3, -0.25) is 4.79 Å². The van der Waals surface area contributed by atoms with Crippen molar-refractivity contribution >= 4 is 23.2 Å². The molecule has 0 radical (unpaired) electrons. The fraction of sp³-hybridized carbons (Fsp3) is 0.200. The quantitative estimate of drug-likeness (QED) is 0.494. The molecule has 7 heteroatoms. The number of hydrogen-bond donors (Lipinski definition) is 0. The second kappa shape index (κ2) is 6.90. The third-order valence-corrected chi connectivity index (χ3v) is 4.29. The van der Waals surface area contributed by atoms with Crippen LogP contribution in [0.2, 0.25) is 0 Å². The molecule has 4 nitrogen and oxygen atoms in total. The van der Waals surface area contributed by atoms with E-state index in [1.54, 1.807) is 35.8 Å². The van der Waals surface area contributed by atoms with Gasteiger partial charge in [0, 0.05) is 29.2 Å². The molecule has 0 atom stereocenters. The zero-order valence-corrected chi connectivity index (χ0v) is 14.6. The number of ether oxygens (including phenoxy) is 1. The van der Waals surface area contributed by atoms with E-state index in [1.165, 1.54) is 13.3 Å². The molecular weight excluding hydrogens is 359 g/mol. The van der Waals surface area contributed by atoms with E-state index >= 15 is 0 Å². The van der Waals surface area contributed by atoms with Crippen LogP contribution in [0.4, 0.5) is 13.2 Å². The fourth-order valence-electron chi connectivity index (χ4n) is 3.20. The number of aryl methyl sites for hydroxylation is 1. The predicted octanol–water partition coefficient (Wildman–Crippen LogP) is 4.62. The second-order valence-electron chi connectivity index (χ2n) is 6.23. The van der Waals surface area contributed by atoms with Crippen LogP contribution in [0.1, 0.15) is 37.4 Å². The first-order valence-electron chi connectivity index (χ1n) is 8.07. The number of benzene rings is 2. The van der Waals surface area contributed by atoms with Crippen LogP contribution >= 0.6 is 0 Å². The molecule has 0 fully saturated rings. The average Bonchev–Trinajstić information content (AvgIpc) is 2.97. The summed E-state index contributed by atoms with van der Waals surface area (Å²) in [5.74, 6) is -0.587. The normalized spacial score (nSPS) is 11.6. The van der Waals surface area contributed by atoms with E-state index in [0.29, 0.717) is 28.3 Å². The van der Waals surface area contributed by atoms with E-state index in [0.717, 1.165) is 12.1 Å². The Labute approximate surface area is 153 Å². The summed E-state index contributed by atoms with van der Waals surface area (Å²) in [6.07, 6.45) is -2.30. The third kappa shape index (κ3) is 3.58. The number of aromatic nitrogens is 1. The second-order valence-corrected chi connectivity index (χ2v) is 6.23. The van der Waals surface area contributed by atoms with Gasteiger partial charge < -0.3 is 9.30 Å². The molecule has 0 aliphatic carbocycles. The van der Waals surface area contributed by atoms with Crippen LogP contribution in [0.3, 0.4) is 0 Å². The summed E-state index contributed by atoms with van der Waals surface area (Å²) in [4.78, 5) is 23.5. The molecular formula is C20H16F3NO3. The van der Waals surface area contributed by atoms with Crippen LogP contribution in [-0.4, -0.2) is 23.9 Å². The fourth-order valence-corrected chi connectivity index (χ4v) is 3.20. The Morgan fingerprint density at radius 1 is 1.22 bits per heavy atom. The third-order valence-electron chi connectivity index (χ3n) is 4.29. The monoisotopic (exact) mass is 375 g/mol. The van der Waals surface area contributed by atoms with Crippen molar-refractivity contribution in [2.75, 3.05) is 7.11 Å². The van der Waals surface area contributed by atoms with E-state index in [1.807, 2.05) is 0 Å². The largest absolute Gasteiger partial charge is 0.465 e. The van der Waals surface area contributed by atoms with Gasteiger partial charge in [-0.15, -0.1) is 0 Å². The first-order valence-corrected chi connectivity index (χ1v) is 8.07. The number of carbonyl (C=O) groups excluding carboxylic acids is 2. The Morgan fingerprint density at radius 2 is 1.96 bits per heavy atom. The van der Waals surface area contributed by atoms with Gasteiger partial charge in [0.2, 0.25) is 0 Å². The standard InChI is InChI=1S/C20H16F3NO3/c1-12-6-13(8-15(7-12)20(21,22)23)9-24-10-14(11-25)18-16(19(26)27-2)4-3-5-17(18)24/h3-8,10-11H,9H2,1-2H3. The number of methoxy groups -OCH3 is 1. The van der Waals surface area contributed by atoms with E-state index in [2.05, 4.69) is 0 Å². The summed E-state index contributed by atoms with van der Waals surface area (Å²) in [7, 11) is 1.24. The van der Waals surface area contributed by atoms with Gasteiger partial charge in [0.15, 0.2) is 6.29 Å². The number of fused-ring (bicyclic) bond motifs is 1. The number of halogens is 3. The minimum Gasteiger partial charge on any atom is -0.465 e. The Balaban J connectivity index is 2.13. The van der Waals surface area contributed by atoms with Gasteiger partial charge in [0.1, 0.15) is 0 Å². The molecule has 0 saturated carbocycles. The van der Waals surface area contributed by atoms with Crippen molar-refractivity contribution in [3.8, 4) is 0 Å². The zero-order valence-electron chi connectivity index (χ0n) is 14.6. The smallest absolute Gasteiger partial charge is 0.416 e. The zero-order chi connectivity index (χ0) is 19.8. The van der Waals surface area contributed by atoms with Crippen molar-refractivity contribution in [1.29, 1.82) is 0 Å². The van der Waals surface area contributed by atoms with Gasteiger partial charge in [-0.25, -0.2) is 4.79 Å². The van der Waals surface area contributed by atoms with Crippen LogP contribution in [0.5, 0.6) is 0 Å². The molecule has 0 saturated heterocycles. The minimum atomic E-state index is -4.44. The Bertz CT molecular complexity index is 1030. The van der Waals surface area contributed by atoms with E-state index in [9.17, 15) is 22.8 Å². The summed E-state index contributed by atoms with van der Waals surface area (Å²) in [5, 5.41) is 0.419. The predicted molar refractivity (Wildman–Crippen MR) is 93.9 cm³/mol. The van der Waals surface area contributed by atoms with Gasteiger partial charge in [-0.1, -0.05) is 17.7 Å². The van der Waals surface area contributed by atoms with Gasteiger partial charge in [-0.05, 0) is 36.8 Å². The molecule has 1 aromatic heterocycles. The Hall–Kier alpha value is -3.09. The molecule has 0 spiro atoms. The number of rotatable bonds is 4. The number of nitrogens with zero attached hydrogens (tertiary/aromatic N) is 1. The van der Waals surface area contributed by atoms with Crippen LogP contribution in [0.25, 0.3) is 10.9 Å². The van der Waals surface area contributed by atoms with E-state index in [4.69, 9.17) is 4.74 Å². The van der Waals surface area contributed by atoms with Crippen molar-refractivity contribution in [2.24, 2.45) is 0 Å². The number of aldehydes is 1. The van der Waals surface area contributed by atoms with E-state index < -0.39 is 17.7 Å². The lowest BCUT2D eigenvalue weighted by Gasteiger charge is -2.12. The van der Waals surface area contributed by atoms with Crippen molar-refractivity contribution in [1.82, 2.24) is 4.57 Å². The summed E-state index contributed by atoms with van der Waals surface area (Å²) in [6, 6.07) is 8.71. The lowest BCUT2D eigenvalue weighted by atomic mass is 10.1. The van der Waals surface area contributed by atoms with Crippen molar-refractivity contribution in [2.45, 2.75) is 19.6 Å². The molecule has 2 aromatic carbocycles. The molecule has 27 heavy (non-hydrogen) atoms. The maximum absolute atomic E-state index is 13.1. The molecule has 140 valence electrons. The molecule has 0 unspecified atom stereocenters. The molecule has 0 aliphatic heterocycles. The molecule has 1 heterocycles. The number of alkyl halides is 3. The Kier molecular flexibility index (Phi) is 4.78. The van der Waals surface area contributed by atoms with Gasteiger partial charge in [0.05, 0.1) is 18.2 Å². The highest BCUT2D eigenvalue weighted by Gasteiger charge is 2.31. The Morgan fingerprint density at radius 3 is 2.59 bits per heavy atom. The number of esters is 1. The summed E-state index contributed by atoms with van der Waals surface area (Å²) in [5.41, 5.74) is 1.28. The first-order chi connectivity index (χ1) is 12.7. The summed E-state index contributed by atoms with van der Waals surface area (Å²) >= 11 is 0. The topological polar surface area (TPSA) is 48.3 Å². The molecule has 0 aliphatic rings. The molecule has 0 bridgehead atoms. The van der Waals surface area contributed by atoms with Crippen molar-refractivity contribution in [3.63, 3.8) is 0 Å². The van der Waals surface area contributed by atoms with Gasteiger partial charge >= 0.3 is 12.1 Å². The van der Waals surface area contributed by atoms with Crippen LogP contribution in [0.15, 0.2) is 42.6 Å². The van der Waals surface area contributed by atoms with Crippen molar-refractivity contribution < 1.29 is 27.5 Å². The highest BCUT2D eigenvalue weighted by Crippen LogP contribution is 2.31. The molecule has 0 N–H and O–H groups in total. The lowest BCUT2D eigenvalue weighted by Crippen LogP contribution is -2.07. The number of carbonyl (C=O) groups is 2. The average molecular weight is 375 g/mol.